The Hall–Kier alpha value is -7.63. The molecule has 0 atom stereocenters. The Morgan fingerprint density at radius 2 is 0.857 bits per heavy atom. The largest absolute Gasteiger partial charge is 0.307 e. The van der Waals surface area contributed by atoms with Crippen molar-refractivity contribution in [3.63, 3.8) is 0 Å². The lowest BCUT2D eigenvalue weighted by Crippen LogP contribution is -2.07. The van der Waals surface area contributed by atoms with Gasteiger partial charge in [-0.1, -0.05) is 157 Å². The smallest absolute Gasteiger partial charge is 0.238 e. The third-order valence-electron chi connectivity index (χ3n) is 10.2. The summed E-state index contributed by atoms with van der Waals surface area (Å²) in [5.74, 6) is -1.13. The maximum Gasteiger partial charge on any atom is 0.238 e. The molecule has 9 aromatic carbocycles. The molecule has 5 nitrogen and oxygen atoms in total. The van der Waals surface area contributed by atoms with Crippen molar-refractivity contribution in [2.45, 2.75) is 0 Å². The van der Waals surface area contributed by atoms with Gasteiger partial charge in [0, 0.05) is 38.4 Å². The number of fused-ring (bicyclic) bond motifs is 13. The molecular formula is C51H31N5. The minimum Gasteiger partial charge on any atom is -0.307 e. The van der Waals surface area contributed by atoms with Gasteiger partial charge in [-0.15, -0.1) is 0 Å². The Morgan fingerprint density at radius 3 is 1.50 bits per heavy atom. The zero-order chi connectivity index (χ0) is 50.7. The first-order chi connectivity index (χ1) is 34.5. The van der Waals surface area contributed by atoms with Crippen LogP contribution in [0.1, 0.15) is 21.9 Å². The van der Waals surface area contributed by atoms with Crippen molar-refractivity contribution in [2.24, 2.45) is 0 Å². The lowest BCUT2D eigenvalue weighted by molar-refractivity contribution is 0.953. The number of hydrogen-bond acceptors (Lipinski definition) is 3. The molecule has 3 aromatic heterocycles. The van der Waals surface area contributed by atoms with E-state index in [2.05, 4.69) is 9.55 Å². The molecule has 0 saturated heterocycles. The summed E-state index contributed by atoms with van der Waals surface area (Å²) >= 11 is 0. The third kappa shape index (κ3) is 4.46. The minimum absolute atomic E-state index is 0.185. The highest BCUT2D eigenvalue weighted by Crippen LogP contribution is 2.42. The van der Waals surface area contributed by atoms with E-state index in [1.54, 1.807) is 4.57 Å². The Morgan fingerprint density at radius 1 is 0.357 bits per heavy atom. The summed E-state index contributed by atoms with van der Waals surface area (Å²) in [5.41, 5.74) is 2.64. The molecule has 0 aliphatic carbocycles. The molecule has 0 N–H and O–H groups in total. The molecule has 0 aliphatic rings. The number of hydrogen-bond donors (Lipinski definition) is 0. The van der Waals surface area contributed by atoms with Crippen LogP contribution in [0.15, 0.2) is 188 Å². The molecule has 3 heterocycles. The summed E-state index contributed by atoms with van der Waals surface area (Å²) in [6.07, 6.45) is 0. The van der Waals surface area contributed by atoms with Crippen LogP contribution >= 0.6 is 0 Å². The van der Waals surface area contributed by atoms with Crippen LogP contribution in [0, 0.1) is 0 Å². The average molecular weight is 730 g/mol. The summed E-state index contributed by atoms with van der Waals surface area (Å²) in [7, 11) is 0. The van der Waals surface area contributed by atoms with Crippen molar-refractivity contribution in [2.75, 3.05) is 0 Å². The van der Waals surface area contributed by atoms with Crippen molar-refractivity contribution >= 4 is 75.9 Å². The fourth-order valence-corrected chi connectivity index (χ4v) is 7.87. The zero-order valence-electron chi connectivity index (χ0n) is 44.9. The van der Waals surface area contributed by atoms with Crippen molar-refractivity contribution in [1.82, 2.24) is 24.1 Å². The van der Waals surface area contributed by atoms with Crippen molar-refractivity contribution in [1.29, 1.82) is 0 Å². The van der Waals surface area contributed by atoms with Gasteiger partial charge in [0.2, 0.25) is 5.95 Å². The molecular weight excluding hydrogens is 683 g/mol. The van der Waals surface area contributed by atoms with Gasteiger partial charge in [-0.3, -0.25) is 4.57 Å². The molecule has 0 amide bonds. The highest BCUT2D eigenvalue weighted by molar-refractivity contribution is 6.26. The Labute approximate surface area is 343 Å². The van der Waals surface area contributed by atoms with Crippen molar-refractivity contribution < 1.29 is 21.9 Å². The van der Waals surface area contributed by atoms with E-state index >= 15 is 0 Å². The predicted molar refractivity (Wildman–Crippen MR) is 232 cm³/mol. The second kappa shape index (κ2) is 11.9. The highest BCUT2D eigenvalue weighted by Gasteiger charge is 2.23. The van der Waals surface area contributed by atoms with Gasteiger partial charge in [0.05, 0.1) is 44.0 Å². The lowest BCUT2D eigenvalue weighted by atomic mass is 9.93. The Balaban J connectivity index is 1.30. The second-order valence-electron chi connectivity index (χ2n) is 13.2. The van der Waals surface area contributed by atoms with Crippen LogP contribution in [0.3, 0.4) is 0 Å². The van der Waals surface area contributed by atoms with Gasteiger partial charge in [0.1, 0.15) is 0 Å². The summed E-state index contributed by atoms with van der Waals surface area (Å²) < 4.78 is 148. The predicted octanol–water partition coefficient (Wildman–Crippen LogP) is 12.9. The summed E-state index contributed by atoms with van der Waals surface area (Å²) in [6.45, 7) is 0. The molecule has 56 heavy (non-hydrogen) atoms. The van der Waals surface area contributed by atoms with Crippen molar-refractivity contribution in [3.8, 4) is 34.4 Å². The molecule has 12 rings (SSSR count). The van der Waals surface area contributed by atoms with Crippen LogP contribution in [0.5, 0.6) is 0 Å². The van der Waals surface area contributed by atoms with Crippen LogP contribution in [0.25, 0.3) is 110 Å². The lowest BCUT2D eigenvalue weighted by Gasteiger charge is -2.14. The van der Waals surface area contributed by atoms with Gasteiger partial charge >= 0.3 is 0 Å². The Bertz CT molecular complexity index is 4400. The molecule has 260 valence electrons. The van der Waals surface area contributed by atoms with Crippen LogP contribution in [-0.2, 0) is 0 Å². The first-order valence-electron chi connectivity index (χ1n) is 25.7. The maximum absolute atomic E-state index is 10.0. The van der Waals surface area contributed by atoms with Gasteiger partial charge in [-0.25, -0.2) is 4.98 Å². The topological polar surface area (TPSA) is 48.5 Å². The number of rotatable bonds is 4. The van der Waals surface area contributed by atoms with Gasteiger partial charge < -0.3 is 4.57 Å². The standard InChI is InChI=1S/C51H31N5/c1-3-15-32(16-4-1)49-52-50(33-27-28-39-37-21-8-7-19-35(37)36-20-9-10-22-38(36)44(39)31-33)54-51(53-49)56-46-26-14-12-24-41(46)43-30-29-42-40-23-11-13-25-45(40)55(47(42)48(43)56)34-17-5-2-6-18-34/h1-31H/i1D,3D,4D,7D,8D,9D,10D,15D,16D,19D,20D,21D,22D,27D,28D,31D. The van der Waals surface area contributed by atoms with E-state index in [-0.39, 0.29) is 38.3 Å². The number of aromatic nitrogens is 5. The van der Waals surface area contributed by atoms with Crippen LogP contribution in [0.4, 0.5) is 0 Å². The average Bonchev–Trinajstić information content (AvgIpc) is 3.91. The molecule has 5 heteroatoms. The second-order valence-corrected chi connectivity index (χ2v) is 13.2. The molecule has 0 bridgehead atoms. The zero-order valence-corrected chi connectivity index (χ0v) is 28.9. The number of benzene rings is 9. The first kappa shape index (κ1) is 19.1. The quantitative estimate of drug-likeness (QED) is 0.169. The highest BCUT2D eigenvalue weighted by atomic mass is 15.2. The van der Waals surface area contributed by atoms with Gasteiger partial charge in [-0.05, 0) is 62.6 Å². The van der Waals surface area contributed by atoms with E-state index in [0.29, 0.717) is 11.0 Å². The van der Waals surface area contributed by atoms with Gasteiger partial charge in [-0.2, -0.15) is 9.97 Å². The van der Waals surface area contributed by atoms with Crippen molar-refractivity contribution in [3.05, 3.63) is 188 Å². The monoisotopic (exact) mass is 729 g/mol. The van der Waals surface area contributed by atoms with Gasteiger partial charge in [0.25, 0.3) is 0 Å². The fraction of sp³-hybridized carbons (Fsp3) is 0. The van der Waals surface area contributed by atoms with E-state index in [9.17, 15) is 5.48 Å². The molecule has 0 spiro atoms. The third-order valence-corrected chi connectivity index (χ3v) is 10.2. The molecule has 12 aromatic rings. The van der Waals surface area contributed by atoms with Crippen LogP contribution < -0.4 is 0 Å². The Kier molecular flexibility index (Phi) is 4.07. The van der Waals surface area contributed by atoms with E-state index in [1.165, 1.54) is 0 Å². The first-order valence-corrected chi connectivity index (χ1v) is 17.7. The number of nitrogens with zero attached hydrogens (tertiary/aromatic N) is 5. The van der Waals surface area contributed by atoms with E-state index in [4.69, 9.17) is 26.4 Å². The molecule has 0 unspecified atom stereocenters. The minimum atomic E-state index is -0.729. The summed E-state index contributed by atoms with van der Waals surface area (Å²) in [4.78, 5) is 14.6. The summed E-state index contributed by atoms with van der Waals surface area (Å²) in [5, 5.41) is 1.20. The molecule has 0 fully saturated rings. The van der Waals surface area contributed by atoms with E-state index in [1.807, 2.05) is 91.0 Å². The molecule has 0 aliphatic heterocycles. The SMILES string of the molecule is [2H]c1c([2H])c([2H])c(-c2nc(-c3c([2H])c([2H])c4c5c([2H])c([2H])c([2H])c([2H])c5c5c([2H])c([2H])c([2H])c([2H])c5c4c3[2H])nc(-n3c4ccccc4c4ccc5c6ccccc6n(-c6ccccc6)c5c43)n2)c([2H])c1[2H]. The van der Waals surface area contributed by atoms with E-state index < -0.39 is 119 Å². The van der Waals surface area contributed by atoms with E-state index in [0.717, 1.165) is 38.3 Å². The van der Waals surface area contributed by atoms with Gasteiger partial charge in [0.15, 0.2) is 11.6 Å². The van der Waals surface area contributed by atoms with Crippen LogP contribution in [-0.4, -0.2) is 24.1 Å². The summed E-state index contributed by atoms with van der Waals surface area (Å²) in [6, 6.07) is 18.0. The maximum atomic E-state index is 10.0. The van der Waals surface area contributed by atoms with Crippen LogP contribution in [0.2, 0.25) is 0 Å². The normalized spacial score (nSPS) is 15.9. The fourth-order valence-electron chi connectivity index (χ4n) is 7.87. The molecule has 0 saturated carbocycles. The number of para-hydroxylation sites is 3. The molecule has 0 radical (unpaired) electrons.